The number of para-hydroxylation sites is 1. The number of carbonyl (C=O) groups is 1. The number of rotatable bonds is 7. The maximum absolute atomic E-state index is 11.9. The number of sulfone groups is 1. The number of amides is 1. The highest BCUT2D eigenvalue weighted by atomic mass is 127. The Morgan fingerprint density at radius 2 is 1.96 bits per heavy atom. The van der Waals surface area contributed by atoms with E-state index in [2.05, 4.69) is 20.9 Å². The first kappa shape index (κ1) is 24.7. The van der Waals surface area contributed by atoms with Crippen molar-refractivity contribution in [3.05, 3.63) is 29.8 Å². The third-order valence-corrected chi connectivity index (χ3v) is 5.68. The number of carbonyl (C=O) groups excluding carboxylic acids is 1. The minimum Gasteiger partial charge on any atom is -0.356 e. The molecule has 1 heterocycles. The van der Waals surface area contributed by atoms with Crippen LogP contribution in [0.2, 0.25) is 0 Å². The number of nitrogens with one attached hydrogen (secondary N) is 3. The van der Waals surface area contributed by atoms with Gasteiger partial charge < -0.3 is 16.0 Å². The van der Waals surface area contributed by atoms with E-state index in [-0.39, 0.29) is 47.0 Å². The van der Waals surface area contributed by atoms with Crippen LogP contribution >= 0.6 is 24.0 Å². The predicted molar refractivity (Wildman–Crippen MR) is 125 cm³/mol. The van der Waals surface area contributed by atoms with Crippen molar-refractivity contribution < 1.29 is 13.2 Å². The van der Waals surface area contributed by atoms with Gasteiger partial charge in [-0.3, -0.25) is 9.79 Å². The van der Waals surface area contributed by atoms with E-state index in [0.717, 1.165) is 11.3 Å². The second-order valence-electron chi connectivity index (χ2n) is 7.89. The van der Waals surface area contributed by atoms with Gasteiger partial charge in [-0.15, -0.1) is 24.0 Å². The van der Waals surface area contributed by atoms with E-state index in [0.29, 0.717) is 31.9 Å². The van der Waals surface area contributed by atoms with Crippen molar-refractivity contribution in [2.24, 2.45) is 10.4 Å². The molecule has 158 valence electrons. The summed E-state index contributed by atoms with van der Waals surface area (Å²) in [6.07, 6.45) is 2.27. The third kappa shape index (κ3) is 7.94. The Hall–Kier alpha value is -1.36. The lowest BCUT2D eigenvalue weighted by molar-refractivity contribution is -0.116. The fraction of sp³-hybridized carbons (Fsp3) is 0.579. The fourth-order valence-corrected chi connectivity index (χ4v) is 3.92. The topological polar surface area (TPSA) is 99.7 Å². The predicted octanol–water partition coefficient (Wildman–Crippen LogP) is 2.36. The standard InChI is InChI=1S/C19H30N4O3S.HI/c1-19(2,9-10-27(4,25)26)13-22-18(20-3)21-12-14-11-17(24)23-16-8-6-5-7-15(14)16;/h5-8,14H,9-13H2,1-4H3,(H,23,24)(H2,20,21,22);1H. The number of hydrogen-bond donors (Lipinski definition) is 3. The van der Waals surface area contributed by atoms with Crippen LogP contribution in [0.25, 0.3) is 0 Å². The van der Waals surface area contributed by atoms with Crippen LogP contribution < -0.4 is 16.0 Å². The molecule has 0 saturated heterocycles. The summed E-state index contributed by atoms with van der Waals surface area (Å²) in [5.74, 6) is 0.907. The molecule has 0 fully saturated rings. The van der Waals surface area contributed by atoms with Crippen LogP contribution in [0.1, 0.15) is 38.2 Å². The zero-order valence-corrected chi connectivity index (χ0v) is 20.1. The molecule has 1 aliphatic heterocycles. The molecule has 0 spiro atoms. The van der Waals surface area contributed by atoms with Crippen molar-refractivity contribution >= 4 is 51.4 Å². The van der Waals surface area contributed by atoms with Crippen molar-refractivity contribution in [2.75, 3.05) is 37.5 Å². The first-order valence-electron chi connectivity index (χ1n) is 9.11. The van der Waals surface area contributed by atoms with E-state index in [9.17, 15) is 13.2 Å². The molecule has 2 rings (SSSR count). The van der Waals surface area contributed by atoms with Gasteiger partial charge in [-0.2, -0.15) is 0 Å². The number of benzene rings is 1. The molecule has 1 aliphatic rings. The molecule has 28 heavy (non-hydrogen) atoms. The molecule has 1 aromatic carbocycles. The average Bonchev–Trinajstić information content (AvgIpc) is 2.59. The number of hydrogen-bond acceptors (Lipinski definition) is 4. The van der Waals surface area contributed by atoms with Gasteiger partial charge in [0.05, 0.1) is 5.75 Å². The van der Waals surface area contributed by atoms with Gasteiger partial charge in [-0.1, -0.05) is 32.0 Å². The monoisotopic (exact) mass is 522 g/mol. The van der Waals surface area contributed by atoms with Gasteiger partial charge in [-0.25, -0.2) is 8.42 Å². The fourth-order valence-electron chi connectivity index (χ4n) is 3.00. The van der Waals surface area contributed by atoms with E-state index in [1.54, 1.807) is 7.05 Å². The molecule has 1 unspecified atom stereocenters. The molecule has 0 saturated carbocycles. The largest absolute Gasteiger partial charge is 0.356 e. The number of aliphatic imine (C=N–C) groups is 1. The van der Waals surface area contributed by atoms with Gasteiger partial charge in [0.2, 0.25) is 5.91 Å². The molecule has 0 radical (unpaired) electrons. The van der Waals surface area contributed by atoms with Gasteiger partial charge in [0, 0.05) is 44.4 Å². The van der Waals surface area contributed by atoms with Crippen LogP contribution in [0.15, 0.2) is 29.3 Å². The summed E-state index contributed by atoms with van der Waals surface area (Å²) in [4.78, 5) is 16.2. The number of halogens is 1. The van der Waals surface area contributed by atoms with Gasteiger partial charge in [-0.05, 0) is 23.5 Å². The summed E-state index contributed by atoms with van der Waals surface area (Å²) in [7, 11) is -1.28. The zero-order chi connectivity index (χ0) is 20.1. The maximum atomic E-state index is 11.9. The first-order chi connectivity index (χ1) is 12.6. The molecular weight excluding hydrogens is 491 g/mol. The molecule has 3 N–H and O–H groups in total. The van der Waals surface area contributed by atoms with Crippen molar-refractivity contribution in [2.45, 2.75) is 32.6 Å². The smallest absolute Gasteiger partial charge is 0.225 e. The Bertz CT molecular complexity index is 809. The van der Waals surface area contributed by atoms with Crippen LogP contribution in [-0.2, 0) is 14.6 Å². The number of fused-ring (bicyclic) bond motifs is 1. The van der Waals surface area contributed by atoms with Crippen LogP contribution in [-0.4, -0.2) is 52.4 Å². The lowest BCUT2D eigenvalue weighted by Gasteiger charge is -2.28. The Morgan fingerprint density at radius 3 is 2.61 bits per heavy atom. The second-order valence-corrected chi connectivity index (χ2v) is 10.1. The van der Waals surface area contributed by atoms with E-state index >= 15 is 0 Å². The quantitative estimate of drug-likeness (QED) is 0.290. The van der Waals surface area contributed by atoms with E-state index in [1.165, 1.54) is 6.26 Å². The van der Waals surface area contributed by atoms with Crippen molar-refractivity contribution in [1.82, 2.24) is 10.6 Å². The Morgan fingerprint density at radius 1 is 1.29 bits per heavy atom. The maximum Gasteiger partial charge on any atom is 0.225 e. The molecule has 1 atom stereocenters. The summed E-state index contributed by atoms with van der Waals surface area (Å²) in [5.41, 5.74) is 1.80. The molecule has 7 nitrogen and oxygen atoms in total. The van der Waals surface area contributed by atoms with Crippen LogP contribution in [0.3, 0.4) is 0 Å². The number of anilines is 1. The van der Waals surface area contributed by atoms with E-state index in [1.807, 2.05) is 38.1 Å². The van der Waals surface area contributed by atoms with E-state index < -0.39 is 9.84 Å². The van der Waals surface area contributed by atoms with Gasteiger partial charge in [0.15, 0.2) is 5.96 Å². The molecule has 1 amide bonds. The summed E-state index contributed by atoms with van der Waals surface area (Å²) in [6.45, 7) is 5.25. The number of guanidine groups is 1. The van der Waals surface area contributed by atoms with Crippen LogP contribution in [0.5, 0.6) is 0 Å². The van der Waals surface area contributed by atoms with Gasteiger partial charge in [0.25, 0.3) is 0 Å². The molecule has 1 aromatic rings. The zero-order valence-electron chi connectivity index (χ0n) is 16.9. The SMILES string of the molecule is CN=C(NCC1CC(=O)Nc2ccccc21)NCC(C)(C)CCS(C)(=O)=O.I. The highest BCUT2D eigenvalue weighted by Gasteiger charge is 2.25. The van der Waals surface area contributed by atoms with Gasteiger partial charge in [0.1, 0.15) is 9.84 Å². The average molecular weight is 522 g/mol. The van der Waals surface area contributed by atoms with Crippen LogP contribution in [0.4, 0.5) is 5.69 Å². The third-order valence-electron chi connectivity index (χ3n) is 4.73. The van der Waals surface area contributed by atoms with Crippen molar-refractivity contribution in [3.8, 4) is 0 Å². The first-order valence-corrected chi connectivity index (χ1v) is 11.2. The molecule has 0 aromatic heterocycles. The Balaban J connectivity index is 0.00000392. The van der Waals surface area contributed by atoms with Crippen molar-refractivity contribution in [1.29, 1.82) is 0 Å². The summed E-state index contributed by atoms with van der Waals surface area (Å²) in [6, 6.07) is 7.83. The minimum atomic E-state index is -2.97. The molecular formula is C19H31IN4O3S. The van der Waals surface area contributed by atoms with Crippen molar-refractivity contribution in [3.63, 3.8) is 0 Å². The molecule has 0 bridgehead atoms. The molecule has 0 aliphatic carbocycles. The lowest BCUT2D eigenvalue weighted by Crippen LogP contribution is -2.44. The van der Waals surface area contributed by atoms with E-state index in [4.69, 9.17) is 0 Å². The summed E-state index contributed by atoms with van der Waals surface area (Å²) in [5, 5.41) is 9.45. The Labute approximate surface area is 185 Å². The normalized spacial score (nSPS) is 17.2. The second kappa shape index (κ2) is 10.4. The van der Waals surface area contributed by atoms with Gasteiger partial charge >= 0.3 is 0 Å². The van der Waals surface area contributed by atoms with Crippen LogP contribution in [0, 0.1) is 5.41 Å². The summed E-state index contributed by atoms with van der Waals surface area (Å²) >= 11 is 0. The highest BCUT2D eigenvalue weighted by Crippen LogP contribution is 2.31. The summed E-state index contributed by atoms with van der Waals surface area (Å²) < 4.78 is 22.8. The minimum absolute atomic E-state index is 0. The Kier molecular flexibility index (Phi) is 9.19. The highest BCUT2D eigenvalue weighted by molar-refractivity contribution is 14.0. The number of nitrogens with zero attached hydrogens (tertiary/aromatic N) is 1. The molecule has 9 heteroatoms. The lowest BCUT2D eigenvalue weighted by atomic mass is 9.90.